The van der Waals surface area contributed by atoms with Crippen LogP contribution in [-0.2, 0) is 14.3 Å². The summed E-state index contributed by atoms with van der Waals surface area (Å²) in [6.07, 6.45) is 7.34. The van der Waals surface area contributed by atoms with E-state index >= 15 is 0 Å². The number of unbranched alkanes of at least 4 members (excludes halogenated alkanes) is 5. The van der Waals surface area contributed by atoms with Gasteiger partial charge in [-0.2, -0.15) is 0 Å². The summed E-state index contributed by atoms with van der Waals surface area (Å²) in [5.74, 6) is -2.80. The van der Waals surface area contributed by atoms with Crippen LogP contribution in [0.4, 0.5) is 0 Å². The fraction of sp³-hybridized carbons (Fsp3) is 0.800. The molecule has 0 radical (unpaired) electrons. The van der Waals surface area contributed by atoms with Crippen molar-refractivity contribution in [3.63, 3.8) is 0 Å². The van der Waals surface area contributed by atoms with E-state index in [4.69, 9.17) is 9.47 Å². The summed E-state index contributed by atoms with van der Waals surface area (Å²) in [6, 6.07) is 0. The largest absolute Gasteiger partial charge is 0.425 e. The van der Waals surface area contributed by atoms with E-state index in [9.17, 15) is 15.0 Å². The van der Waals surface area contributed by atoms with Crippen molar-refractivity contribution in [2.24, 2.45) is 0 Å². The van der Waals surface area contributed by atoms with E-state index < -0.39 is 24.5 Å². The Bertz CT molecular complexity index is 279. The first-order valence-corrected chi connectivity index (χ1v) is 7.25. The van der Waals surface area contributed by atoms with Gasteiger partial charge in [0.2, 0.25) is 0 Å². The highest BCUT2D eigenvalue weighted by molar-refractivity contribution is 5.81. The second-order valence-corrected chi connectivity index (χ2v) is 4.91. The molecule has 0 fully saturated rings. The number of aliphatic hydroxyl groups excluding tert-OH is 1. The summed E-state index contributed by atoms with van der Waals surface area (Å²) < 4.78 is 9.97. The van der Waals surface area contributed by atoms with Gasteiger partial charge in [0, 0.05) is 13.2 Å². The summed E-state index contributed by atoms with van der Waals surface area (Å²) >= 11 is 0. The number of esters is 1. The zero-order valence-electron chi connectivity index (χ0n) is 12.6. The van der Waals surface area contributed by atoms with Gasteiger partial charge in [0.25, 0.3) is 5.79 Å². The Hall–Kier alpha value is -0.910. The lowest BCUT2D eigenvalue weighted by atomic mass is 10.0. The van der Waals surface area contributed by atoms with Crippen molar-refractivity contribution in [1.29, 1.82) is 0 Å². The van der Waals surface area contributed by atoms with Crippen LogP contribution in [-0.4, -0.2) is 41.8 Å². The Morgan fingerprint density at radius 3 is 2.40 bits per heavy atom. The molecule has 0 amide bonds. The van der Waals surface area contributed by atoms with Gasteiger partial charge in [-0.3, -0.25) is 0 Å². The molecule has 0 spiro atoms. The molecule has 0 aromatic rings. The number of methoxy groups -OCH3 is 1. The summed E-state index contributed by atoms with van der Waals surface area (Å²) in [7, 11) is 1.42. The maximum Gasteiger partial charge on any atom is 0.332 e. The van der Waals surface area contributed by atoms with Gasteiger partial charge in [0.05, 0.1) is 0 Å². The lowest BCUT2D eigenvalue weighted by molar-refractivity contribution is -0.264. The Kier molecular flexibility index (Phi) is 10.3. The van der Waals surface area contributed by atoms with Crippen LogP contribution in [0, 0.1) is 0 Å². The third kappa shape index (κ3) is 7.03. The first-order chi connectivity index (χ1) is 9.53. The van der Waals surface area contributed by atoms with Crippen LogP contribution in [0.1, 0.15) is 51.9 Å². The van der Waals surface area contributed by atoms with Gasteiger partial charge in [-0.15, -0.1) is 0 Å². The van der Waals surface area contributed by atoms with E-state index in [2.05, 4.69) is 13.5 Å². The highest BCUT2D eigenvalue weighted by atomic mass is 16.7. The molecule has 20 heavy (non-hydrogen) atoms. The van der Waals surface area contributed by atoms with Crippen LogP contribution in [0.25, 0.3) is 0 Å². The molecule has 5 nitrogen and oxygen atoms in total. The maximum atomic E-state index is 11.2. The normalized spacial score (nSPS) is 15.4. The van der Waals surface area contributed by atoms with Gasteiger partial charge in [0.1, 0.15) is 12.7 Å². The topological polar surface area (TPSA) is 76.0 Å². The Morgan fingerprint density at radius 1 is 1.30 bits per heavy atom. The number of hydrogen-bond acceptors (Lipinski definition) is 5. The average Bonchev–Trinajstić information content (AvgIpc) is 2.46. The second-order valence-electron chi connectivity index (χ2n) is 4.91. The number of carbonyl (C=O) groups is 1. The zero-order valence-corrected chi connectivity index (χ0v) is 12.6. The lowest BCUT2D eigenvalue weighted by Gasteiger charge is -2.32. The summed E-state index contributed by atoms with van der Waals surface area (Å²) in [5, 5.41) is 19.4. The van der Waals surface area contributed by atoms with E-state index in [1.54, 1.807) is 0 Å². The number of rotatable bonds is 12. The predicted octanol–water partition coefficient (Wildman–Crippen LogP) is 2.16. The Labute approximate surface area is 121 Å². The Balaban J connectivity index is 4.24. The van der Waals surface area contributed by atoms with Crippen molar-refractivity contribution in [2.45, 2.75) is 63.8 Å². The molecule has 0 aliphatic heterocycles. The van der Waals surface area contributed by atoms with E-state index in [1.807, 2.05) is 0 Å². The molecule has 0 heterocycles. The van der Waals surface area contributed by atoms with Gasteiger partial charge in [0.15, 0.2) is 0 Å². The van der Waals surface area contributed by atoms with Crippen LogP contribution >= 0.6 is 0 Å². The first-order valence-electron chi connectivity index (χ1n) is 7.25. The minimum Gasteiger partial charge on any atom is -0.425 e. The molecular weight excluding hydrogens is 260 g/mol. The van der Waals surface area contributed by atoms with Crippen molar-refractivity contribution < 1.29 is 24.5 Å². The SMILES string of the molecule is C=CC(=O)OC(O)(CO)C(CCCCCCCC)OC. The van der Waals surface area contributed by atoms with Crippen LogP contribution in [0.2, 0.25) is 0 Å². The standard InChI is InChI=1S/C15H28O5/c1-4-6-7-8-9-10-11-13(19-3)15(18,12-16)20-14(17)5-2/h5,13,16,18H,2,4,6-12H2,1,3H3. The molecule has 0 aliphatic carbocycles. The van der Waals surface area contributed by atoms with Crippen molar-refractivity contribution >= 4 is 5.97 Å². The monoisotopic (exact) mass is 288 g/mol. The van der Waals surface area contributed by atoms with Crippen molar-refractivity contribution in [2.75, 3.05) is 13.7 Å². The van der Waals surface area contributed by atoms with Crippen LogP contribution < -0.4 is 0 Å². The fourth-order valence-electron chi connectivity index (χ4n) is 2.05. The predicted molar refractivity (Wildman–Crippen MR) is 77.1 cm³/mol. The quantitative estimate of drug-likeness (QED) is 0.249. The van der Waals surface area contributed by atoms with Gasteiger partial charge >= 0.3 is 5.97 Å². The van der Waals surface area contributed by atoms with E-state index in [-0.39, 0.29) is 0 Å². The van der Waals surface area contributed by atoms with Crippen molar-refractivity contribution in [3.8, 4) is 0 Å². The van der Waals surface area contributed by atoms with E-state index in [1.165, 1.54) is 26.4 Å². The summed E-state index contributed by atoms with van der Waals surface area (Å²) in [4.78, 5) is 11.2. The molecule has 2 atom stereocenters. The molecule has 0 saturated carbocycles. The minimum absolute atomic E-state index is 0.518. The number of aliphatic hydroxyl groups is 2. The molecule has 5 heteroatoms. The molecule has 118 valence electrons. The van der Waals surface area contributed by atoms with Gasteiger partial charge in [-0.05, 0) is 6.42 Å². The number of ether oxygens (including phenoxy) is 2. The Morgan fingerprint density at radius 2 is 1.90 bits per heavy atom. The molecule has 0 aromatic heterocycles. The second kappa shape index (κ2) is 10.8. The molecule has 0 rings (SSSR count). The third-order valence-corrected chi connectivity index (χ3v) is 3.28. The van der Waals surface area contributed by atoms with Crippen LogP contribution in [0.3, 0.4) is 0 Å². The minimum atomic E-state index is -2.01. The molecule has 2 N–H and O–H groups in total. The smallest absolute Gasteiger partial charge is 0.332 e. The molecule has 2 unspecified atom stereocenters. The first kappa shape index (κ1) is 19.1. The molecule has 0 aliphatic rings. The molecule has 0 aromatic carbocycles. The van der Waals surface area contributed by atoms with Gasteiger partial charge in [-0.25, -0.2) is 4.79 Å². The molecular formula is C15H28O5. The van der Waals surface area contributed by atoms with Crippen molar-refractivity contribution in [3.05, 3.63) is 12.7 Å². The number of hydrogen-bond donors (Lipinski definition) is 2. The third-order valence-electron chi connectivity index (χ3n) is 3.28. The van der Waals surface area contributed by atoms with Crippen LogP contribution in [0.5, 0.6) is 0 Å². The number of carbonyl (C=O) groups excluding carboxylic acids is 1. The van der Waals surface area contributed by atoms with Crippen molar-refractivity contribution in [1.82, 2.24) is 0 Å². The fourth-order valence-corrected chi connectivity index (χ4v) is 2.05. The maximum absolute atomic E-state index is 11.2. The molecule has 0 saturated heterocycles. The average molecular weight is 288 g/mol. The van der Waals surface area contributed by atoms with Gasteiger partial charge in [-0.1, -0.05) is 52.0 Å². The zero-order chi connectivity index (χ0) is 15.4. The highest BCUT2D eigenvalue weighted by Crippen LogP contribution is 2.21. The highest BCUT2D eigenvalue weighted by Gasteiger charge is 2.40. The van der Waals surface area contributed by atoms with E-state index in [0.717, 1.165) is 25.3 Å². The summed E-state index contributed by atoms with van der Waals surface area (Å²) in [5.41, 5.74) is 0. The molecule has 0 bridgehead atoms. The van der Waals surface area contributed by atoms with E-state index in [0.29, 0.717) is 6.42 Å². The summed E-state index contributed by atoms with van der Waals surface area (Å²) in [6.45, 7) is 4.72. The van der Waals surface area contributed by atoms with Crippen LogP contribution in [0.15, 0.2) is 12.7 Å². The lowest BCUT2D eigenvalue weighted by Crippen LogP contribution is -2.50. The van der Waals surface area contributed by atoms with Gasteiger partial charge < -0.3 is 19.7 Å².